The van der Waals surface area contributed by atoms with Gasteiger partial charge in [0.15, 0.2) is 0 Å². The summed E-state index contributed by atoms with van der Waals surface area (Å²) in [5.74, 6) is -1.58. The van der Waals surface area contributed by atoms with E-state index in [2.05, 4.69) is 9.88 Å². The molecule has 2 amide bonds. The number of anilines is 1. The van der Waals surface area contributed by atoms with Crippen LogP contribution in [-0.2, 0) is 6.54 Å². The number of carbonyl (C=O) groups excluding carboxylic acids is 1. The van der Waals surface area contributed by atoms with Crippen LogP contribution in [0.15, 0.2) is 54.0 Å². The van der Waals surface area contributed by atoms with Gasteiger partial charge in [0.05, 0.1) is 0 Å². The average molecular weight is 359 g/mol. The van der Waals surface area contributed by atoms with Crippen LogP contribution >= 0.6 is 11.3 Å². The fraction of sp³-hybridized carbons (Fsp3) is 0.167. The van der Waals surface area contributed by atoms with Crippen LogP contribution in [0.1, 0.15) is 16.6 Å². The minimum Gasteiger partial charge on any atom is -0.347 e. The summed E-state index contributed by atoms with van der Waals surface area (Å²) in [5, 5.41) is 4.34. The predicted molar refractivity (Wildman–Crippen MR) is 92.7 cm³/mol. The molecule has 25 heavy (non-hydrogen) atoms. The zero-order chi connectivity index (χ0) is 17.4. The van der Waals surface area contributed by atoms with Gasteiger partial charge in [0.1, 0.15) is 23.4 Å². The number of hydrogen-bond donors (Lipinski definition) is 1. The minimum atomic E-state index is -0.790. The van der Waals surface area contributed by atoms with E-state index in [-0.39, 0.29) is 6.04 Å². The van der Waals surface area contributed by atoms with Crippen molar-refractivity contribution in [2.45, 2.75) is 12.6 Å². The Bertz CT molecular complexity index is 887. The summed E-state index contributed by atoms with van der Waals surface area (Å²) >= 11 is 1.55. The Kier molecular flexibility index (Phi) is 4.01. The summed E-state index contributed by atoms with van der Waals surface area (Å²) in [7, 11) is 0. The van der Waals surface area contributed by atoms with Crippen LogP contribution in [0.2, 0.25) is 0 Å². The largest absolute Gasteiger partial charge is 0.347 e. The van der Waals surface area contributed by atoms with E-state index in [1.807, 2.05) is 35.8 Å². The highest BCUT2D eigenvalue weighted by molar-refractivity contribution is 7.10. The first-order chi connectivity index (χ1) is 12.1. The maximum Gasteiger partial charge on any atom is 0.322 e. The summed E-state index contributed by atoms with van der Waals surface area (Å²) in [6, 6.07) is 10.5. The Morgan fingerprint density at radius 3 is 2.60 bits per heavy atom. The van der Waals surface area contributed by atoms with Crippen molar-refractivity contribution >= 4 is 23.1 Å². The van der Waals surface area contributed by atoms with Crippen molar-refractivity contribution in [2.75, 3.05) is 11.9 Å². The SMILES string of the molecule is O=C(Nc1c(F)cccc1F)N1CCn2cccc2[C@H]1c1cccs1. The molecule has 4 rings (SSSR count). The molecule has 0 saturated heterocycles. The van der Waals surface area contributed by atoms with E-state index in [0.29, 0.717) is 13.1 Å². The zero-order valence-electron chi connectivity index (χ0n) is 13.2. The zero-order valence-corrected chi connectivity index (χ0v) is 14.0. The topological polar surface area (TPSA) is 37.3 Å². The van der Waals surface area contributed by atoms with Gasteiger partial charge < -0.3 is 14.8 Å². The number of halogens is 2. The molecule has 0 bridgehead atoms. The summed E-state index contributed by atoms with van der Waals surface area (Å²) < 4.78 is 29.8. The number of amides is 2. The lowest BCUT2D eigenvalue weighted by Crippen LogP contribution is -2.44. The third-order valence-corrected chi connectivity index (χ3v) is 5.23. The number of hydrogen-bond acceptors (Lipinski definition) is 2. The predicted octanol–water partition coefficient (Wildman–Crippen LogP) is 4.46. The van der Waals surface area contributed by atoms with Crippen LogP contribution < -0.4 is 5.32 Å². The van der Waals surface area contributed by atoms with Crippen molar-refractivity contribution in [3.63, 3.8) is 0 Å². The first kappa shape index (κ1) is 15.8. The number of thiophene rings is 1. The van der Waals surface area contributed by atoms with E-state index < -0.39 is 23.4 Å². The average Bonchev–Trinajstić information content (AvgIpc) is 3.28. The van der Waals surface area contributed by atoms with Crippen molar-refractivity contribution in [3.8, 4) is 0 Å². The normalized spacial score (nSPS) is 16.6. The third kappa shape index (κ3) is 2.80. The first-order valence-corrected chi connectivity index (χ1v) is 8.73. The molecule has 0 aliphatic carbocycles. The smallest absolute Gasteiger partial charge is 0.322 e. The van der Waals surface area contributed by atoms with Gasteiger partial charge in [0.25, 0.3) is 0 Å². The van der Waals surface area contributed by atoms with Crippen molar-refractivity contribution in [2.24, 2.45) is 0 Å². The van der Waals surface area contributed by atoms with E-state index in [1.54, 1.807) is 16.2 Å². The van der Waals surface area contributed by atoms with Gasteiger partial charge in [-0.1, -0.05) is 12.1 Å². The molecule has 1 N–H and O–H groups in total. The Morgan fingerprint density at radius 2 is 1.88 bits per heavy atom. The number of benzene rings is 1. The van der Waals surface area contributed by atoms with Gasteiger partial charge in [-0.3, -0.25) is 0 Å². The molecule has 1 aromatic carbocycles. The Balaban J connectivity index is 1.68. The van der Waals surface area contributed by atoms with Gasteiger partial charge in [0, 0.05) is 29.9 Å². The molecule has 7 heteroatoms. The van der Waals surface area contributed by atoms with E-state index in [0.717, 1.165) is 22.7 Å². The van der Waals surface area contributed by atoms with Crippen LogP contribution in [0.3, 0.4) is 0 Å². The molecule has 3 aromatic rings. The van der Waals surface area contributed by atoms with E-state index in [4.69, 9.17) is 0 Å². The lowest BCUT2D eigenvalue weighted by molar-refractivity contribution is 0.182. The standard InChI is InChI=1S/C18H15F2N3OS/c19-12-4-1-5-13(20)16(12)21-18(24)23-10-9-22-8-2-6-14(22)17(23)15-7-3-11-25-15/h1-8,11,17H,9-10H2,(H,21,24)/t17-/m0/s1. The highest BCUT2D eigenvalue weighted by Gasteiger charge is 2.33. The van der Waals surface area contributed by atoms with Gasteiger partial charge in [-0.15, -0.1) is 11.3 Å². The molecule has 128 valence electrons. The second-order valence-corrected chi connectivity index (χ2v) is 6.74. The number of nitrogens with zero attached hydrogens (tertiary/aromatic N) is 2. The molecule has 0 fully saturated rings. The molecule has 0 spiro atoms. The summed E-state index contributed by atoms with van der Waals surface area (Å²) in [6.07, 6.45) is 1.97. The Labute approximate surface area is 147 Å². The van der Waals surface area contributed by atoms with Gasteiger partial charge in [0.2, 0.25) is 0 Å². The summed E-state index contributed by atoms with van der Waals surface area (Å²) in [4.78, 5) is 15.4. The highest BCUT2D eigenvalue weighted by Crippen LogP contribution is 2.35. The molecule has 1 atom stereocenters. The Hall–Kier alpha value is -2.67. The van der Waals surface area contributed by atoms with Crippen molar-refractivity contribution in [3.05, 3.63) is 76.2 Å². The fourth-order valence-corrected chi connectivity index (χ4v) is 3.99. The maximum atomic E-state index is 13.9. The summed E-state index contributed by atoms with van der Waals surface area (Å²) in [5.41, 5.74) is 0.566. The molecule has 4 nitrogen and oxygen atoms in total. The number of nitrogens with one attached hydrogen (secondary N) is 1. The quantitative estimate of drug-likeness (QED) is 0.720. The second-order valence-electron chi connectivity index (χ2n) is 5.76. The van der Waals surface area contributed by atoms with Gasteiger partial charge in [-0.25, -0.2) is 13.6 Å². The lowest BCUT2D eigenvalue weighted by atomic mass is 10.1. The summed E-state index contributed by atoms with van der Waals surface area (Å²) in [6.45, 7) is 1.09. The number of carbonyl (C=O) groups is 1. The van der Waals surface area contributed by atoms with Gasteiger partial charge in [-0.05, 0) is 35.7 Å². The molecule has 1 aliphatic heterocycles. The minimum absolute atomic E-state index is 0.279. The molecule has 3 heterocycles. The molecule has 2 aromatic heterocycles. The second kappa shape index (κ2) is 6.33. The van der Waals surface area contributed by atoms with Crippen molar-refractivity contribution in [1.82, 2.24) is 9.47 Å². The molecule has 0 unspecified atom stereocenters. The maximum absolute atomic E-state index is 13.9. The highest BCUT2D eigenvalue weighted by atomic mass is 32.1. The van der Waals surface area contributed by atoms with Crippen LogP contribution in [-0.4, -0.2) is 22.0 Å². The van der Waals surface area contributed by atoms with Crippen LogP contribution in [0.25, 0.3) is 0 Å². The van der Waals surface area contributed by atoms with E-state index in [9.17, 15) is 13.6 Å². The molecule has 1 aliphatic rings. The number of aromatic nitrogens is 1. The number of fused-ring (bicyclic) bond motifs is 1. The molecule has 0 saturated carbocycles. The van der Waals surface area contributed by atoms with Gasteiger partial charge >= 0.3 is 6.03 Å². The lowest BCUT2D eigenvalue weighted by Gasteiger charge is -2.36. The Morgan fingerprint density at radius 1 is 1.08 bits per heavy atom. The van der Waals surface area contributed by atoms with Gasteiger partial charge in [-0.2, -0.15) is 0 Å². The van der Waals surface area contributed by atoms with Crippen LogP contribution in [0, 0.1) is 11.6 Å². The molecule has 0 radical (unpaired) electrons. The van der Waals surface area contributed by atoms with Crippen molar-refractivity contribution < 1.29 is 13.6 Å². The molecular formula is C18H15F2N3OS. The third-order valence-electron chi connectivity index (χ3n) is 4.31. The number of urea groups is 1. The van der Waals surface area contributed by atoms with Crippen molar-refractivity contribution in [1.29, 1.82) is 0 Å². The monoisotopic (exact) mass is 359 g/mol. The van der Waals surface area contributed by atoms with Crippen LogP contribution in [0.4, 0.5) is 19.3 Å². The fourth-order valence-electron chi connectivity index (χ4n) is 3.14. The molecular weight excluding hydrogens is 344 g/mol. The number of rotatable bonds is 2. The van der Waals surface area contributed by atoms with E-state index >= 15 is 0 Å². The van der Waals surface area contributed by atoms with Crippen LogP contribution in [0.5, 0.6) is 0 Å². The number of para-hydroxylation sites is 1. The first-order valence-electron chi connectivity index (χ1n) is 7.85. The van der Waals surface area contributed by atoms with E-state index in [1.165, 1.54) is 6.07 Å².